The summed E-state index contributed by atoms with van der Waals surface area (Å²) in [5.74, 6) is -0.792. The van der Waals surface area contributed by atoms with Crippen LogP contribution >= 0.6 is 7.82 Å². The lowest BCUT2D eigenvalue weighted by molar-refractivity contribution is -0.870. The zero-order chi connectivity index (χ0) is 45.7. The Labute approximate surface area is 384 Å². The van der Waals surface area contributed by atoms with Gasteiger partial charge in [0.2, 0.25) is 0 Å². The molecule has 0 aliphatic rings. The van der Waals surface area contributed by atoms with Gasteiger partial charge in [-0.15, -0.1) is 0 Å². The molecule has 0 aliphatic carbocycles. The number of allylic oxidation sites excluding steroid dienone is 2. The molecule has 0 saturated carbocycles. The van der Waals surface area contributed by atoms with Gasteiger partial charge in [0.1, 0.15) is 19.8 Å². The van der Waals surface area contributed by atoms with Crippen LogP contribution in [-0.2, 0) is 32.7 Å². The Morgan fingerprint density at radius 1 is 0.484 bits per heavy atom. The maximum Gasteiger partial charge on any atom is 0.472 e. The van der Waals surface area contributed by atoms with Gasteiger partial charge in [-0.25, -0.2) is 4.57 Å². The first-order valence-electron chi connectivity index (χ1n) is 26.4. The van der Waals surface area contributed by atoms with Gasteiger partial charge >= 0.3 is 19.8 Å². The highest BCUT2D eigenvalue weighted by Gasteiger charge is 2.27. The molecule has 0 spiro atoms. The Morgan fingerprint density at radius 2 is 0.823 bits per heavy atom. The van der Waals surface area contributed by atoms with E-state index in [0.29, 0.717) is 23.9 Å². The number of nitrogens with zero attached hydrogens (tertiary/aromatic N) is 1. The van der Waals surface area contributed by atoms with E-state index in [-0.39, 0.29) is 25.6 Å². The molecular formula is C52H103NO8P+. The predicted molar refractivity (Wildman–Crippen MR) is 261 cm³/mol. The normalized spacial score (nSPS) is 13.5. The number of unbranched alkanes of at least 4 members (excludes halogenated alkanes) is 33. The smallest absolute Gasteiger partial charge is 0.462 e. The van der Waals surface area contributed by atoms with Gasteiger partial charge in [-0.1, -0.05) is 219 Å². The molecule has 0 rings (SSSR count). The highest BCUT2D eigenvalue weighted by molar-refractivity contribution is 7.47. The second-order valence-electron chi connectivity index (χ2n) is 19.3. The summed E-state index contributed by atoms with van der Waals surface area (Å²) in [4.78, 5) is 35.5. The number of quaternary nitrogens is 1. The fourth-order valence-corrected chi connectivity index (χ4v) is 8.40. The second kappa shape index (κ2) is 44.9. The lowest BCUT2D eigenvalue weighted by Gasteiger charge is -2.24. The number of hydrogen-bond donors (Lipinski definition) is 1. The highest BCUT2D eigenvalue weighted by Crippen LogP contribution is 2.43. The molecule has 2 unspecified atom stereocenters. The molecule has 368 valence electrons. The number of ether oxygens (including phenoxy) is 2. The van der Waals surface area contributed by atoms with Crippen LogP contribution in [0, 0.1) is 0 Å². The average Bonchev–Trinajstić information content (AvgIpc) is 3.23. The quantitative estimate of drug-likeness (QED) is 0.0211. The van der Waals surface area contributed by atoms with Crippen LogP contribution in [0.1, 0.15) is 258 Å². The number of carbonyl (C=O) groups is 2. The van der Waals surface area contributed by atoms with E-state index in [9.17, 15) is 19.0 Å². The zero-order valence-corrected chi connectivity index (χ0v) is 42.5. The molecule has 0 saturated heterocycles. The molecule has 0 aromatic rings. The molecule has 9 nitrogen and oxygen atoms in total. The van der Waals surface area contributed by atoms with Crippen molar-refractivity contribution in [3.8, 4) is 0 Å². The number of esters is 2. The highest BCUT2D eigenvalue weighted by atomic mass is 31.2. The van der Waals surface area contributed by atoms with E-state index in [1.165, 1.54) is 173 Å². The first-order valence-corrected chi connectivity index (χ1v) is 27.9. The second-order valence-corrected chi connectivity index (χ2v) is 20.7. The summed E-state index contributed by atoms with van der Waals surface area (Å²) in [6, 6.07) is 0. The fourth-order valence-electron chi connectivity index (χ4n) is 7.66. The molecule has 0 bridgehead atoms. The molecule has 62 heavy (non-hydrogen) atoms. The summed E-state index contributed by atoms with van der Waals surface area (Å²) < 4.78 is 34.5. The molecule has 2 atom stereocenters. The summed E-state index contributed by atoms with van der Waals surface area (Å²) >= 11 is 0. The Kier molecular flexibility index (Phi) is 44.0. The lowest BCUT2D eigenvalue weighted by atomic mass is 10.0. The summed E-state index contributed by atoms with van der Waals surface area (Å²) in [7, 11) is 1.49. The first kappa shape index (κ1) is 60.8. The van der Waals surface area contributed by atoms with E-state index in [1.54, 1.807) is 0 Å². The van der Waals surface area contributed by atoms with E-state index in [4.69, 9.17) is 18.5 Å². The van der Waals surface area contributed by atoms with Crippen LogP contribution in [0.4, 0.5) is 0 Å². The number of rotatable bonds is 49. The number of phosphoric ester groups is 1. The molecule has 0 amide bonds. The molecule has 10 heteroatoms. The van der Waals surface area contributed by atoms with Gasteiger partial charge in [0.25, 0.3) is 0 Å². The van der Waals surface area contributed by atoms with E-state index in [0.717, 1.165) is 51.4 Å². The first-order chi connectivity index (χ1) is 30.0. The van der Waals surface area contributed by atoms with E-state index < -0.39 is 26.5 Å². The van der Waals surface area contributed by atoms with Crippen molar-refractivity contribution in [2.75, 3.05) is 47.5 Å². The molecule has 0 heterocycles. The lowest BCUT2D eigenvalue weighted by Crippen LogP contribution is -2.37. The predicted octanol–water partition coefficient (Wildman–Crippen LogP) is 15.7. The fraction of sp³-hybridized carbons (Fsp3) is 0.923. The van der Waals surface area contributed by atoms with Crippen molar-refractivity contribution in [2.45, 2.75) is 264 Å². The Morgan fingerprint density at radius 3 is 1.19 bits per heavy atom. The van der Waals surface area contributed by atoms with Crippen LogP contribution in [0.2, 0.25) is 0 Å². The SMILES string of the molecule is CCCCCCCCC/C=C\CCCCCCCC(=O)OC(COC(=O)CCCCCCCCCCCCCCCCCCCCCCCC)COP(=O)(O)OCC[N+](C)(C)C. The van der Waals surface area contributed by atoms with Gasteiger partial charge < -0.3 is 18.9 Å². The molecule has 0 radical (unpaired) electrons. The number of hydrogen-bond acceptors (Lipinski definition) is 7. The maximum absolute atomic E-state index is 12.7. The summed E-state index contributed by atoms with van der Waals surface area (Å²) in [5.41, 5.74) is 0. The third-order valence-corrected chi connectivity index (χ3v) is 12.8. The van der Waals surface area contributed by atoms with Crippen LogP contribution in [-0.4, -0.2) is 74.9 Å². The van der Waals surface area contributed by atoms with Gasteiger partial charge in [0, 0.05) is 12.8 Å². The van der Waals surface area contributed by atoms with Gasteiger partial charge in [-0.3, -0.25) is 18.6 Å². The van der Waals surface area contributed by atoms with Crippen LogP contribution in [0.25, 0.3) is 0 Å². The van der Waals surface area contributed by atoms with Crippen molar-refractivity contribution in [2.24, 2.45) is 0 Å². The summed E-state index contributed by atoms with van der Waals surface area (Å²) in [6.07, 6.45) is 49.8. The van der Waals surface area contributed by atoms with Crippen molar-refractivity contribution in [3.63, 3.8) is 0 Å². The third-order valence-electron chi connectivity index (χ3n) is 11.8. The molecular weight excluding hydrogens is 798 g/mol. The van der Waals surface area contributed by atoms with Gasteiger partial charge in [-0.2, -0.15) is 0 Å². The molecule has 0 aliphatic heterocycles. The average molecular weight is 901 g/mol. The molecule has 1 N–H and O–H groups in total. The van der Waals surface area contributed by atoms with Crippen LogP contribution in [0.15, 0.2) is 12.2 Å². The Hall–Kier alpha value is -1.25. The van der Waals surface area contributed by atoms with Crippen LogP contribution in [0.3, 0.4) is 0 Å². The Bertz CT molecular complexity index is 1060. The topological polar surface area (TPSA) is 108 Å². The molecule has 0 aromatic carbocycles. The van der Waals surface area contributed by atoms with Crippen LogP contribution in [0.5, 0.6) is 0 Å². The molecule has 0 aromatic heterocycles. The molecule has 0 fully saturated rings. The van der Waals surface area contributed by atoms with E-state index in [1.807, 2.05) is 21.1 Å². The third kappa shape index (κ3) is 48.2. The van der Waals surface area contributed by atoms with E-state index >= 15 is 0 Å². The van der Waals surface area contributed by atoms with Crippen molar-refractivity contribution in [3.05, 3.63) is 12.2 Å². The minimum atomic E-state index is -4.38. The number of phosphoric acid groups is 1. The van der Waals surface area contributed by atoms with Crippen molar-refractivity contribution in [1.29, 1.82) is 0 Å². The summed E-state index contributed by atoms with van der Waals surface area (Å²) in [6.45, 7) is 4.46. The Balaban J connectivity index is 4.18. The maximum atomic E-state index is 12.7. The number of likely N-dealkylation sites (N-methyl/N-ethyl adjacent to an activating group) is 1. The summed E-state index contributed by atoms with van der Waals surface area (Å²) in [5, 5.41) is 0. The van der Waals surface area contributed by atoms with Gasteiger partial charge in [0.05, 0.1) is 27.7 Å². The van der Waals surface area contributed by atoms with Crippen molar-refractivity contribution < 1.29 is 42.1 Å². The van der Waals surface area contributed by atoms with Gasteiger partial charge in [-0.05, 0) is 38.5 Å². The van der Waals surface area contributed by atoms with E-state index in [2.05, 4.69) is 26.0 Å². The van der Waals surface area contributed by atoms with Gasteiger partial charge in [0.15, 0.2) is 6.10 Å². The minimum absolute atomic E-state index is 0.0335. The van der Waals surface area contributed by atoms with Crippen molar-refractivity contribution >= 4 is 19.8 Å². The zero-order valence-electron chi connectivity index (χ0n) is 41.6. The number of carbonyl (C=O) groups excluding carboxylic acids is 2. The monoisotopic (exact) mass is 901 g/mol. The minimum Gasteiger partial charge on any atom is -0.462 e. The largest absolute Gasteiger partial charge is 0.472 e. The van der Waals surface area contributed by atoms with Crippen molar-refractivity contribution in [1.82, 2.24) is 0 Å². The standard InChI is InChI=1S/C52H102NO8P/c1-6-8-10-12-14-16-18-20-22-24-25-26-27-28-29-31-32-34-36-38-40-42-44-51(54)58-48-50(49-60-62(56,57)59-47-46-53(3,4)5)61-52(55)45-43-41-39-37-35-33-30-23-21-19-17-15-13-11-9-7-2/h23,30,50H,6-22,24-29,31-49H2,1-5H3/p+1/b30-23-. The van der Waals surface area contributed by atoms with Crippen LogP contribution < -0.4 is 0 Å².